The largest absolute Gasteiger partial charge is 0.377 e. The first-order chi connectivity index (χ1) is 6.41. The van der Waals surface area contributed by atoms with Gasteiger partial charge in [-0.2, -0.15) is 0 Å². The average Bonchev–Trinajstić information content (AvgIpc) is 2.12. The summed E-state index contributed by atoms with van der Waals surface area (Å²) in [4.78, 5) is 10.8. The van der Waals surface area contributed by atoms with Crippen molar-refractivity contribution in [3.8, 4) is 0 Å². The van der Waals surface area contributed by atoms with Gasteiger partial charge in [-0.1, -0.05) is 33.3 Å². The number of rotatable bonds is 6. The van der Waals surface area contributed by atoms with Gasteiger partial charge in [0.15, 0.2) is 5.78 Å². The molecule has 14 heavy (non-hydrogen) atoms. The summed E-state index contributed by atoms with van der Waals surface area (Å²) in [6, 6.07) is 0. The monoisotopic (exact) mass is 198 g/mol. The van der Waals surface area contributed by atoms with E-state index in [4.69, 9.17) is 4.74 Å². The van der Waals surface area contributed by atoms with Gasteiger partial charge < -0.3 is 4.74 Å². The minimum Gasteiger partial charge on any atom is -0.377 e. The highest BCUT2D eigenvalue weighted by Gasteiger charge is 2.19. The molecular weight excluding hydrogens is 176 g/mol. The van der Waals surface area contributed by atoms with Crippen molar-refractivity contribution in [2.75, 3.05) is 7.11 Å². The predicted molar refractivity (Wildman–Crippen MR) is 59.3 cm³/mol. The van der Waals surface area contributed by atoms with Gasteiger partial charge in [0.05, 0.1) is 6.10 Å². The number of hydrogen-bond acceptors (Lipinski definition) is 2. The Morgan fingerprint density at radius 3 is 2.43 bits per heavy atom. The number of methoxy groups -OCH3 is 1. The maximum absolute atomic E-state index is 10.8. The minimum atomic E-state index is 0.0499. The normalized spacial score (nSPS) is 14.6. The van der Waals surface area contributed by atoms with Crippen molar-refractivity contribution in [3.05, 3.63) is 12.2 Å². The van der Waals surface area contributed by atoms with Crippen LogP contribution in [0.5, 0.6) is 0 Å². The summed E-state index contributed by atoms with van der Waals surface area (Å²) in [5.41, 5.74) is 0.266. The molecule has 0 saturated carbocycles. The Hall–Kier alpha value is -0.630. The van der Waals surface area contributed by atoms with E-state index < -0.39 is 0 Å². The van der Waals surface area contributed by atoms with Crippen molar-refractivity contribution >= 4 is 5.78 Å². The van der Waals surface area contributed by atoms with Crippen LogP contribution in [0.4, 0.5) is 0 Å². The second kappa shape index (κ2) is 5.97. The fraction of sp³-hybridized carbons (Fsp3) is 0.750. The molecule has 0 aromatic carbocycles. The molecule has 0 radical (unpaired) electrons. The molecule has 0 saturated heterocycles. The topological polar surface area (TPSA) is 26.3 Å². The number of carbonyl (C=O) groups excluding carboxylic acids is 1. The highest BCUT2D eigenvalue weighted by Crippen LogP contribution is 2.27. The summed E-state index contributed by atoms with van der Waals surface area (Å²) in [6.07, 6.45) is 5.54. The van der Waals surface area contributed by atoms with Gasteiger partial charge in [0.1, 0.15) is 0 Å². The molecule has 82 valence electrons. The van der Waals surface area contributed by atoms with Gasteiger partial charge in [0.2, 0.25) is 0 Å². The smallest absolute Gasteiger partial charge is 0.152 e. The molecular formula is C12H22O2. The van der Waals surface area contributed by atoms with Gasteiger partial charge in [0, 0.05) is 7.11 Å². The van der Waals surface area contributed by atoms with Gasteiger partial charge in [-0.05, 0) is 24.8 Å². The molecule has 2 heteroatoms. The second-order valence-corrected chi connectivity index (χ2v) is 4.47. The van der Waals surface area contributed by atoms with Gasteiger partial charge in [-0.15, -0.1) is 0 Å². The van der Waals surface area contributed by atoms with E-state index in [1.54, 1.807) is 20.1 Å². The van der Waals surface area contributed by atoms with Crippen LogP contribution in [-0.2, 0) is 9.53 Å². The van der Waals surface area contributed by atoms with Crippen LogP contribution in [0.3, 0.4) is 0 Å². The van der Waals surface area contributed by atoms with E-state index in [0.717, 1.165) is 12.8 Å². The lowest BCUT2D eigenvalue weighted by molar-refractivity contribution is -0.112. The molecule has 0 aromatic heterocycles. The van der Waals surface area contributed by atoms with Crippen LogP contribution in [0.2, 0.25) is 0 Å². The van der Waals surface area contributed by atoms with Crippen molar-refractivity contribution in [2.24, 2.45) is 5.41 Å². The summed E-state index contributed by atoms with van der Waals surface area (Å²) in [5, 5.41) is 0. The molecule has 0 aromatic rings. The lowest BCUT2D eigenvalue weighted by atomic mass is 9.84. The Balaban J connectivity index is 4.22. The third kappa shape index (κ3) is 5.92. The summed E-state index contributed by atoms with van der Waals surface area (Å²) in [5.74, 6) is 0.0707. The first kappa shape index (κ1) is 13.4. The van der Waals surface area contributed by atoms with Crippen molar-refractivity contribution < 1.29 is 9.53 Å². The fourth-order valence-corrected chi connectivity index (χ4v) is 1.16. The zero-order chi connectivity index (χ0) is 11.2. The highest BCUT2D eigenvalue weighted by molar-refractivity contribution is 5.87. The molecule has 0 fully saturated rings. The number of hydrogen-bond donors (Lipinski definition) is 0. The molecule has 0 spiro atoms. The van der Waals surface area contributed by atoms with Crippen molar-refractivity contribution in [1.82, 2.24) is 0 Å². The zero-order valence-electron chi connectivity index (χ0n) is 9.96. The van der Waals surface area contributed by atoms with E-state index in [2.05, 4.69) is 20.8 Å². The summed E-state index contributed by atoms with van der Waals surface area (Å²) in [7, 11) is 1.68. The number of carbonyl (C=O) groups is 1. The van der Waals surface area contributed by atoms with Crippen LogP contribution in [0.1, 0.15) is 40.5 Å². The van der Waals surface area contributed by atoms with Gasteiger partial charge in [-0.25, -0.2) is 0 Å². The molecule has 1 unspecified atom stereocenters. The van der Waals surface area contributed by atoms with Crippen LogP contribution in [0, 0.1) is 5.41 Å². The fourth-order valence-electron chi connectivity index (χ4n) is 1.16. The molecule has 0 bridgehead atoms. The molecule has 1 atom stereocenters. The van der Waals surface area contributed by atoms with Crippen LogP contribution < -0.4 is 0 Å². The van der Waals surface area contributed by atoms with E-state index in [-0.39, 0.29) is 17.3 Å². The molecule has 0 aliphatic carbocycles. The van der Waals surface area contributed by atoms with E-state index >= 15 is 0 Å². The van der Waals surface area contributed by atoms with Crippen LogP contribution in [0.25, 0.3) is 0 Å². The Morgan fingerprint density at radius 2 is 2.07 bits per heavy atom. The van der Waals surface area contributed by atoms with E-state index in [1.807, 2.05) is 6.08 Å². The maximum atomic E-state index is 10.8. The molecule has 0 N–H and O–H groups in total. The third-order valence-electron chi connectivity index (χ3n) is 2.56. The van der Waals surface area contributed by atoms with Gasteiger partial charge >= 0.3 is 0 Å². The van der Waals surface area contributed by atoms with Gasteiger partial charge in [0.25, 0.3) is 0 Å². The van der Waals surface area contributed by atoms with Crippen molar-refractivity contribution in [2.45, 2.75) is 46.6 Å². The molecule has 0 rings (SSSR count). The quantitative estimate of drug-likeness (QED) is 0.613. The Morgan fingerprint density at radius 1 is 1.50 bits per heavy atom. The Bertz CT molecular complexity index is 204. The van der Waals surface area contributed by atoms with Gasteiger partial charge in [-0.3, -0.25) is 4.79 Å². The molecule has 0 aliphatic rings. The standard InChI is InChI=1S/C12H22O2/c1-6-12(3,4)9-11(14-5)8-7-10(2)13/h7-8,11H,6,9H2,1-5H3. The van der Waals surface area contributed by atoms with E-state index in [0.29, 0.717) is 0 Å². The Labute approximate surface area is 87.3 Å². The Kier molecular flexibility index (Phi) is 5.70. The maximum Gasteiger partial charge on any atom is 0.152 e. The van der Waals surface area contributed by atoms with E-state index in [9.17, 15) is 4.79 Å². The molecule has 0 heterocycles. The highest BCUT2D eigenvalue weighted by atomic mass is 16.5. The van der Waals surface area contributed by atoms with E-state index in [1.165, 1.54) is 0 Å². The summed E-state index contributed by atoms with van der Waals surface area (Å²) < 4.78 is 5.30. The third-order valence-corrected chi connectivity index (χ3v) is 2.56. The first-order valence-corrected chi connectivity index (χ1v) is 5.13. The lowest BCUT2D eigenvalue weighted by Gasteiger charge is -2.26. The predicted octanol–water partition coefficient (Wildman–Crippen LogP) is 2.97. The van der Waals surface area contributed by atoms with Crippen LogP contribution in [0.15, 0.2) is 12.2 Å². The number of ether oxygens (including phenoxy) is 1. The minimum absolute atomic E-state index is 0.0499. The van der Waals surface area contributed by atoms with Crippen molar-refractivity contribution in [1.29, 1.82) is 0 Å². The second-order valence-electron chi connectivity index (χ2n) is 4.47. The summed E-state index contributed by atoms with van der Waals surface area (Å²) >= 11 is 0. The first-order valence-electron chi connectivity index (χ1n) is 5.13. The average molecular weight is 198 g/mol. The number of ketones is 1. The van der Waals surface area contributed by atoms with Crippen LogP contribution in [-0.4, -0.2) is 19.0 Å². The van der Waals surface area contributed by atoms with Crippen molar-refractivity contribution in [3.63, 3.8) is 0 Å². The number of allylic oxidation sites excluding steroid dienone is 1. The molecule has 0 aliphatic heterocycles. The van der Waals surface area contributed by atoms with Crippen LogP contribution >= 0.6 is 0 Å². The zero-order valence-corrected chi connectivity index (χ0v) is 9.96. The summed E-state index contributed by atoms with van der Waals surface area (Å²) in [6.45, 7) is 8.14. The molecule has 0 amide bonds. The SMILES string of the molecule is CCC(C)(C)CC(C=CC(C)=O)OC. The lowest BCUT2D eigenvalue weighted by Crippen LogP contribution is -2.20. The molecule has 2 nitrogen and oxygen atoms in total.